The van der Waals surface area contributed by atoms with Gasteiger partial charge in [0.25, 0.3) is 0 Å². The van der Waals surface area contributed by atoms with Gasteiger partial charge < -0.3 is 4.90 Å². The van der Waals surface area contributed by atoms with Gasteiger partial charge in [-0.1, -0.05) is 13.8 Å². The van der Waals surface area contributed by atoms with E-state index in [1.54, 1.807) is 0 Å². The van der Waals surface area contributed by atoms with Crippen molar-refractivity contribution >= 4 is 5.91 Å². The van der Waals surface area contributed by atoms with E-state index in [4.69, 9.17) is 0 Å². The van der Waals surface area contributed by atoms with E-state index in [-0.39, 0.29) is 11.6 Å². The normalized spacial score (nSPS) is 27.9. The Balaban J connectivity index is 2.09. The molecule has 0 bridgehead atoms. The van der Waals surface area contributed by atoms with Crippen LogP contribution in [0.2, 0.25) is 0 Å². The molecule has 0 radical (unpaired) electrons. The van der Waals surface area contributed by atoms with E-state index in [1.165, 1.54) is 12.8 Å². The van der Waals surface area contributed by atoms with Crippen molar-refractivity contribution in [2.24, 2.45) is 11.8 Å². The molecular weight excluding hydrogens is 188 g/mol. The van der Waals surface area contributed by atoms with Crippen molar-refractivity contribution < 1.29 is 4.79 Å². The Morgan fingerprint density at radius 3 is 2.40 bits per heavy atom. The molecule has 2 rings (SSSR count). The zero-order chi connectivity index (χ0) is 11.2. The van der Waals surface area contributed by atoms with E-state index in [0.29, 0.717) is 17.7 Å². The van der Waals surface area contributed by atoms with Crippen LogP contribution in [0, 0.1) is 11.8 Å². The zero-order valence-electron chi connectivity index (χ0n) is 10.2. The van der Waals surface area contributed by atoms with Crippen molar-refractivity contribution in [3.05, 3.63) is 0 Å². The summed E-state index contributed by atoms with van der Waals surface area (Å²) in [7, 11) is 0. The summed E-state index contributed by atoms with van der Waals surface area (Å²) in [6.07, 6.45) is 2.56. The van der Waals surface area contributed by atoms with Gasteiger partial charge >= 0.3 is 0 Å². The number of nitrogens with zero attached hydrogens (tertiary/aromatic N) is 1. The van der Waals surface area contributed by atoms with Crippen molar-refractivity contribution in [3.8, 4) is 0 Å². The molecule has 1 unspecified atom stereocenters. The maximum Gasteiger partial charge on any atom is 0.241 e. The van der Waals surface area contributed by atoms with Gasteiger partial charge in [-0.05, 0) is 38.5 Å². The molecule has 1 aliphatic heterocycles. The third kappa shape index (κ3) is 1.78. The van der Waals surface area contributed by atoms with Crippen LogP contribution in [0.1, 0.15) is 40.5 Å². The fourth-order valence-corrected chi connectivity index (χ4v) is 2.54. The number of amides is 1. The van der Waals surface area contributed by atoms with Crippen molar-refractivity contribution in [1.29, 1.82) is 0 Å². The second kappa shape index (κ2) is 3.48. The lowest BCUT2D eigenvalue weighted by Crippen LogP contribution is -2.48. The molecule has 3 heteroatoms. The summed E-state index contributed by atoms with van der Waals surface area (Å²) in [6.45, 7) is 9.33. The van der Waals surface area contributed by atoms with Gasteiger partial charge in [-0.25, -0.2) is 0 Å². The summed E-state index contributed by atoms with van der Waals surface area (Å²) in [4.78, 5) is 14.2. The third-order valence-corrected chi connectivity index (χ3v) is 3.94. The quantitative estimate of drug-likeness (QED) is 0.767. The minimum atomic E-state index is 0.0306. The lowest BCUT2D eigenvalue weighted by Gasteiger charge is -2.35. The first kappa shape index (κ1) is 10.9. The molecule has 86 valence electrons. The monoisotopic (exact) mass is 210 g/mol. The molecule has 0 aromatic carbocycles. The number of rotatable bonds is 3. The van der Waals surface area contributed by atoms with Crippen LogP contribution in [0.15, 0.2) is 0 Å². The fraction of sp³-hybridized carbons (Fsp3) is 0.917. The van der Waals surface area contributed by atoms with Gasteiger partial charge in [0.05, 0.1) is 12.7 Å². The summed E-state index contributed by atoms with van der Waals surface area (Å²) < 4.78 is 0. The van der Waals surface area contributed by atoms with E-state index in [9.17, 15) is 4.79 Å². The van der Waals surface area contributed by atoms with Crippen molar-refractivity contribution in [2.75, 3.05) is 6.67 Å². The van der Waals surface area contributed by atoms with Crippen LogP contribution in [0.25, 0.3) is 0 Å². The number of hydrogen-bond acceptors (Lipinski definition) is 2. The second-order valence-electron chi connectivity index (χ2n) is 5.78. The Morgan fingerprint density at radius 1 is 1.40 bits per heavy atom. The summed E-state index contributed by atoms with van der Waals surface area (Å²) in [5.74, 6) is 1.40. The fourth-order valence-electron chi connectivity index (χ4n) is 2.54. The summed E-state index contributed by atoms with van der Waals surface area (Å²) in [5.41, 5.74) is 0.0493. The molecule has 0 aromatic heterocycles. The molecule has 2 fully saturated rings. The first-order valence-electron chi connectivity index (χ1n) is 5.99. The highest BCUT2D eigenvalue weighted by Gasteiger charge is 2.48. The summed E-state index contributed by atoms with van der Waals surface area (Å²) in [6, 6.07) is 0.0306. The second-order valence-corrected chi connectivity index (χ2v) is 5.78. The Hall–Kier alpha value is -0.570. The van der Waals surface area contributed by atoms with E-state index in [1.807, 2.05) is 4.90 Å². The highest BCUT2D eigenvalue weighted by molar-refractivity contribution is 5.84. The van der Waals surface area contributed by atoms with Crippen LogP contribution in [-0.2, 0) is 4.79 Å². The van der Waals surface area contributed by atoms with Gasteiger partial charge in [-0.2, -0.15) is 0 Å². The van der Waals surface area contributed by atoms with Gasteiger partial charge in [-0.3, -0.25) is 10.1 Å². The van der Waals surface area contributed by atoms with E-state index in [0.717, 1.165) is 6.67 Å². The van der Waals surface area contributed by atoms with Gasteiger partial charge in [0.2, 0.25) is 5.91 Å². The highest BCUT2D eigenvalue weighted by Crippen LogP contribution is 2.43. The first-order chi connectivity index (χ1) is 6.94. The minimum absolute atomic E-state index is 0.0306. The van der Waals surface area contributed by atoms with Gasteiger partial charge in [-0.15, -0.1) is 0 Å². The Labute approximate surface area is 92.2 Å². The first-order valence-corrected chi connectivity index (χ1v) is 5.99. The molecular formula is C12H22N2O. The molecule has 1 amide bonds. The lowest BCUT2D eigenvalue weighted by atomic mass is 9.95. The van der Waals surface area contributed by atoms with Gasteiger partial charge in [0.1, 0.15) is 0 Å². The predicted octanol–water partition coefficient (Wildman–Crippen LogP) is 1.59. The molecule has 0 spiro atoms. The smallest absolute Gasteiger partial charge is 0.241 e. The third-order valence-electron chi connectivity index (χ3n) is 3.94. The number of nitrogens with one attached hydrogen (secondary N) is 1. The molecule has 1 N–H and O–H groups in total. The average molecular weight is 210 g/mol. The molecule has 15 heavy (non-hydrogen) atoms. The minimum Gasteiger partial charge on any atom is -0.323 e. The molecule has 1 atom stereocenters. The molecule has 3 nitrogen and oxygen atoms in total. The lowest BCUT2D eigenvalue weighted by molar-refractivity contribution is -0.134. The predicted molar refractivity (Wildman–Crippen MR) is 60.3 cm³/mol. The molecule has 1 aliphatic carbocycles. The van der Waals surface area contributed by atoms with Crippen LogP contribution in [0.4, 0.5) is 0 Å². The average Bonchev–Trinajstić information content (AvgIpc) is 2.89. The van der Waals surface area contributed by atoms with E-state index >= 15 is 0 Å². The largest absolute Gasteiger partial charge is 0.323 e. The Bertz CT molecular complexity index is 269. The zero-order valence-corrected chi connectivity index (χ0v) is 10.2. The summed E-state index contributed by atoms with van der Waals surface area (Å²) in [5, 5.41) is 3.32. The molecule has 0 aromatic rings. The van der Waals surface area contributed by atoms with Crippen LogP contribution in [-0.4, -0.2) is 29.1 Å². The molecule has 1 saturated carbocycles. The summed E-state index contributed by atoms with van der Waals surface area (Å²) >= 11 is 0. The van der Waals surface area contributed by atoms with Crippen molar-refractivity contribution in [1.82, 2.24) is 10.2 Å². The number of carbonyl (C=O) groups excluding carboxylic acids is 1. The molecule has 1 saturated heterocycles. The molecule has 1 heterocycles. The van der Waals surface area contributed by atoms with Crippen LogP contribution < -0.4 is 5.32 Å². The van der Waals surface area contributed by atoms with Crippen molar-refractivity contribution in [2.45, 2.75) is 52.1 Å². The van der Waals surface area contributed by atoms with Crippen LogP contribution in [0.3, 0.4) is 0 Å². The van der Waals surface area contributed by atoms with Gasteiger partial charge in [0.15, 0.2) is 0 Å². The Kier molecular flexibility index (Phi) is 2.53. The Morgan fingerprint density at radius 2 is 2.00 bits per heavy atom. The van der Waals surface area contributed by atoms with Crippen molar-refractivity contribution in [3.63, 3.8) is 0 Å². The maximum atomic E-state index is 12.2. The van der Waals surface area contributed by atoms with E-state index < -0.39 is 0 Å². The number of hydrogen-bond donors (Lipinski definition) is 1. The van der Waals surface area contributed by atoms with Crippen LogP contribution >= 0.6 is 0 Å². The van der Waals surface area contributed by atoms with E-state index in [2.05, 4.69) is 33.0 Å². The maximum absolute atomic E-state index is 12.2. The SMILES string of the molecule is CC(C)C1NCN(C(C)(C)C2CC2)C1=O. The van der Waals surface area contributed by atoms with Crippen LogP contribution in [0.5, 0.6) is 0 Å². The standard InChI is InChI=1S/C12H22N2O/c1-8(2)10-11(15)14(7-13-10)12(3,4)9-5-6-9/h8-10,13H,5-7H2,1-4H3. The molecule has 2 aliphatic rings. The topological polar surface area (TPSA) is 32.3 Å². The highest BCUT2D eigenvalue weighted by atomic mass is 16.2. The van der Waals surface area contributed by atoms with Gasteiger partial charge in [0, 0.05) is 5.54 Å². The number of carbonyl (C=O) groups is 1.